The van der Waals surface area contributed by atoms with Gasteiger partial charge in [-0.1, -0.05) is 30.3 Å². The average Bonchev–Trinajstić information content (AvgIpc) is 3.18. The maximum atomic E-state index is 11.5. The van der Waals surface area contributed by atoms with E-state index in [-0.39, 0.29) is 17.0 Å². The summed E-state index contributed by atoms with van der Waals surface area (Å²) in [5, 5.41) is 30.3. The van der Waals surface area contributed by atoms with E-state index in [0.29, 0.717) is 27.7 Å². The number of hydrogen-bond acceptors (Lipinski definition) is 7. The van der Waals surface area contributed by atoms with E-state index in [1.54, 1.807) is 28.8 Å². The van der Waals surface area contributed by atoms with Crippen LogP contribution in [-0.4, -0.2) is 31.1 Å². The second-order valence-electron chi connectivity index (χ2n) is 6.19. The van der Waals surface area contributed by atoms with Gasteiger partial charge in [0, 0.05) is 28.3 Å². The fourth-order valence-corrected chi connectivity index (χ4v) is 3.84. The van der Waals surface area contributed by atoms with Gasteiger partial charge in [-0.25, -0.2) is 0 Å². The van der Waals surface area contributed by atoms with E-state index in [0.717, 1.165) is 17.4 Å². The van der Waals surface area contributed by atoms with Gasteiger partial charge in [-0.2, -0.15) is 0 Å². The zero-order chi connectivity index (χ0) is 21.1. The average molecular weight is 418 g/mol. The molecule has 0 aliphatic heterocycles. The number of non-ortho nitro benzene ring substituents is 1. The highest BCUT2D eigenvalue weighted by Crippen LogP contribution is 2.36. The van der Waals surface area contributed by atoms with Crippen LogP contribution in [0.3, 0.4) is 0 Å². The molecule has 1 N–H and O–H groups in total. The lowest BCUT2D eigenvalue weighted by molar-refractivity contribution is -0.384. The van der Waals surface area contributed by atoms with Crippen molar-refractivity contribution in [1.29, 1.82) is 0 Å². The van der Waals surface area contributed by atoms with E-state index < -0.39 is 4.92 Å². The summed E-state index contributed by atoms with van der Waals surface area (Å²) in [5.74, 6) is 0.485. The van der Waals surface area contributed by atoms with Gasteiger partial charge in [0.25, 0.3) is 5.69 Å². The first-order chi connectivity index (χ1) is 14.6. The van der Waals surface area contributed by atoms with Crippen LogP contribution in [0.5, 0.6) is 5.75 Å². The summed E-state index contributed by atoms with van der Waals surface area (Å²) in [5.41, 5.74) is 1.28. The van der Waals surface area contributed by atoms with E-state index in [2.05, 4.69) is 10.2 Å². The van der Waals surface area contributed by atoms with Crippen molar-refractivity contribution >= 4 is 23.7 Å². The zero-order valence-electron chi connectivity index (χ0n) is 15.4. The van der Waals surface area contributed by atoms with Crippen LogP contribution in [0.15, 0.2) is 82.8 Å². The monoisotopic (exact) mass is 418 g/mol. The Morgan fingerprint density at radius 3 is 2.43 bits per heavy atom. The van der Waals surface area contributed by atoms with Crippen molar-refractivity contribution < 1.29 is 14.8 Å². The number of aromatic hydroxyl groups is 1. The highest BCUT2D eigenvalue weighted by Gasteiger charge is 2.20. The number of phenols is 1. The zero-order valence-corrected chi connectivity index (χ0v) is 16.2. The highest BCUT2D eigenvalue weighted by atomic mass is 32.2. The predicted molar refractivity (Wildman–Crippen MR) is 111 cm³/mol. The molecule has 0 amide bonds. The Balaban J connectivity index is 1.85. The molecule has 4 rings (SSSR count). The Labute approximate surface area is 175 Å². The standard InChI is InChI=1S/C21H14N4O4S/c26-13-14-12-16(25(28)29)10-11-19(14)30-21-23-22-20(17-8-4-5-9-18(17)27)24(21)15-6-2-1-3-7-15/h1-13,27H. The highest BCUT2D eigenvalue weighted by molar-refractivity contribution is 7.99. The fourth-order valence-electron chi connectivity index (χ4n) is 2.92. The molecular formula is C21H14N4O4S. The SMILES string of the molecule is O=Cc1cc([N+](=O)[O-])ccc1Sc1nnc(-c2ccccc2O)n1-c1ccccc1. The Morgan fingerprint density at radius 1 is 1.00 bits per heavy atom. The van der Waals surface area contributed by atoms with Gasteiger partial charge in [0.15, 0.2) is 12.1 Å². The van der Waals surface area contributed by atoms with Crippen molar-refractivity contribution in [2.75, 3.05) is 0 Å². The normalized spacial score (nSPS) is 10.7. The third-order valence-corrected chi connectivity index (χ3v) is 5.36. The maximum Gasteiger partial charge on any atom is 0.270 e. The van der Waals surface area contributed by atoms with E-state index >= 15 is 0 Å². The van der Waals surface area contributed by atoms with E-state index in [1.807, 2.05) is 30.3 Å². The number of benzene rings is 3. The Bertz CT molecular complexity index is 1240. The number of rotatable bonds is 6. The van der Waals surface area contributed by atoms with Gasteiger partial charge in [-0.3, -0.25) is 19.5 Å². The lowest BCUT2D eigenvalue weighted by Gasteiger charge is -2.11. The summed E-state index contributed by atoms with van der Waals surface area (Å²) in [6.45, 7) is 0. The first kappa shape index (κ1) is 19.3. The minimum absolute atomic E-state index is 0.0579. The van der Waals surface area contributed by atoms with Gasteiger partial charge >= 0.3 is 0 Å². The molecular weight excluding hydrogens is 404 g/mol. The molecule has 0 unspecified atom stereocenters. The van der Waals surface area contributed by atoms with Gasteiger partial charge in [-0.05, 0) is 42.1 Å². The van der Waals surface area contributed by atoms with Gasteiger partial charge < -0.3 is 5.11 Å². The molecule has 0 bridgehead atoms. The second-order valence-corrected chi connectivity index (χ2v) is 7.20. The van der Waals surface area contributed by atoms with Gasteiger partial charge in [0.05, 0.1) is 10.5 Å². The molecule has 4 aromatic rings. The lowest BCUT2D eigenvalue weighted by Crippen LogP contribution is -2.00. The molecule has 0 saturated heterocycles. The van der Waals surface area contributed by atoms with Gasteiger partial charge in [0.2, 0.25) is 5.16 Å². The molecule has 148 valence electrons. The number of hydrogen-bond donors (Lipinski definition) is 1. The molecule has 0 aliphatic carbocycles. The van der Waals surface area contributed by atoms with Crippen molar-refractivity contribution in [3.63, 3.8) is 0 Å². The van der Waals surface area contributed by atoms with Gasteiger partial charge in [0.1, 0.15) is 5.75 Å². The molecule has 0 saturated carbocycles. The Morgan fingerprint density at radius 2 is 1.73 bits per heavy atom. The third-order valence-electron chi connectivity index (χ3n) is 4.33. The van der Waals surface area contributed by atoms with Crippen molar-refractivity contribution in [2.24, 2.45) is 0 Å². The van der Waals surface area contributed by atoms with Crippen LogP contribution in [0.2, 0.25) is 0 Å². The Hall–Kier alpha value is -3.98. The molecule has 1 heterocycles. The number of aromatic nitrogens is 3. The van der Waals surface area contributed by atoms with Crippen molar-refractivity contribution in [3.05, 3.63) is 88.5 Å². The number of carbonyl (C=O) groups is 1. The first-order valence-corrected chi connectivity index (χ1v) is 9.61. The van der Waals surface area contributed by atoms with Crippen LogP contribution < -0.4 is 0 Å². The summed E-state index contributed by atoms with van der Waals surface area (Å²) in [7, 11) is 0. The number of carbonyl (C=O) groups excluding carboxylic acids is 1. The van der Waals surface area contributed by atoms with Crippen molar-refractivity contribution in [2.45, 2.75) is 10.1 Å². The number of phenolic OH excluding ortho intramolecular Hbond substituents is 1. The van der Waals surface area contributed by atoms with Crippen LogP contribution >= 0.6 is 11.8 Å². The molecule has 0 radical (unpaired) electrons. The summed E-state index contributed by atoms with van der Waals surface area (Å²) in [6, 6.07) is 20.2. The number of aldehydes is 1. The topological polar surface area (TPSA) is 111 Å². The van der Waals surface area contributed by atoms with E-state index in [1.165, 1.54) is 18.2 Å². The molecule has 9 heteroatoms. The second kappa shape index (κ2) is 8.18. The molecule has 1 aromatic heterocycles. The molecule has 30 heavy (non-hydrogen) atoms. The number of nitro benzene ring substituents is 1. The number of para-hydroxylation sites is 2. The van der Waals surface area contributed by atoms with E-state index in [4.69, 9.17) is 0 Å². The van der Waals surface area contributed by atoms with Crippen LogP contribution in [0, 0.1) is 10.1 Å². The Kier molecular flexibility index (Phi) is 5.27. The summed E-state index contributed by atoms with van der Waals surface area (Å²) in [6.07, 6.45) is 0.572. The smallest absolute Gasteiger partial charge is 0.270 e. The summed E-state index contributed by atoms with van der Waals surface area (Å²) < 4.78 is 1.76. The first-order valence-electron chi connectivity index (χ1n) is 8.79. The van der Waals surface area contributed by atoms with Crippen molar-refractivity contribution in [1.82, 2.24) is 14.8 Å². The number of nitrogens with zero attached hydrogens (tertiary/aromatic N) is 4. The quantitative estimate of drug-likeness (QED) is 0.278. The van der Waals surface area contributed by atoms with Crippen LogP contribution in [0.1, 0.15) is 10.4 Å². The number of nitro groups is 1. The summed E-state index contributed by atoms with van der Waals surface area (Å²) >= 11 is 1.16. The van der Waals surface area contributed by atoms with Gasteiger partial charge in [-0.15, -0.1) is 10.2 Å². The van der Waals surface area contributed by atoms with Crippen LogP contribution in [0.25, 0.3) is 17.1 Å². The third kappa shape index (κ3) is 3.65. The molecule has 3 aromatic carbocycles. The fraction of sp³-hybridized carbons (Fsp3) is 0. The van der Waals surface area contributed by atoms with Crippen LogP contribution in [-0.2, 0) is 0 Å². The molecule has 0 spiro atoms. The van der Waals surface area contributed by atoms with E-state index in [9.17, 15) is 20.0 Å². The minimum atomic E-state index is -0.551. The maximum absolute atomic E-state index is 11.5. The summed E-state index contributed by atoms with van der Waals surface area (Å²) in [4.78, 5) is 22.5. The largest absolute Gasteiger partial charge is 0.507 e. The molecule has 0 atom stereocenters. The predicted octanol–water partition coefficient (Wildman–Crippen LogP) is 4.51. The van der Waals surface area contributed by atoms with Crippen molar-refractivity contribution in [3.8, 4) is 22.8 Å². The van der Waals surface area contributed by atoms with Crippen LogP contribution in [0.4, 0.5) is 5.69 Å². The molecule has 8 nitrogen and oxygen atoms in total. The molecule has 0 fully saturated rings. The minimum Gasteiger partial charge on any atom is -0.507 e. The lowest BCUT2D eigenvalue weighted by atomic mass is 10.2. The molecule has 0 aliphatic rings.